The van der Waals surface area contributed by atoms with Crippen LogP contribution in [0.4, 0.5) is 0 Å². The molecule has 2 aromatic carbocycles. The van der Waals surface area contributed by atoms with Gasteiger partial charge in [-0.25, -0.2) is 0 Å². The number of aliphatic hydroxyl groups is 2. The average Bonchev–Trinajstić information content (AvgIpc) is 3.40. The van der Waals surface area contributed by atoms with Crippen molar-refractivity contribution in [3.05, 3.63) is 51.6 Å². The number of nitrogens with two attached hydrogens (primary N) is 1. The summed E-state index contributed by atoms with van der Waals surface area (Å²) in [5.74, 6) is 1.05. The summed E-state index contributed by atoms with van der Waals surface area (Å²) in [6.07, 6.45) is 1.64. The molecule has 1 aromatic heterocycles. The molecule has 0 spiro atoms. The van der Waals surface area contributed by atoms with Crippen LogP contribution < -0.4 is 15.8 Å². The Labute approximate surface area is 218 Å². The summed E-state index contributed by atoms with van der Waals surface area (Å²) >= 11 is 0. The van der Waals surface area contributed by atoms with Gasteiger partial charge in [-0.2, -0.15) is 4.98 Å². The Morgan fingerprint density at radius 3 is 2.46 bits per heavy atom. The van der Waals surface area contributed by atoms with E-state index in [1.165, 1.54) is 16.7 Å². The Kier molecular flexibility index (Phi) is 9.79. The van der Waals surface area contributed by atoms with E-state index in [2.05, 4.69) is 37.3 Å². The van der Waals surface area contributed by atoms with Gasteiger partial charge in [-0.05, 0) is 84.7 Å². The average molecular weight is 511 g/mol. The molecule has 3 aromatic rings. The number of hydrogen-bond acceptors (Lipinski definition) is 8. The van der Waals surface area contributed by atoms with Crippen molar-refractivity contribution in [2.45, 2.75) is 66.5 Å². The molecule has 0 bridgehead atoms. The maximum Gasteiger partial charge on any atom is 0.258 e. The highest BCUT2D eigenvalue weighted by atomic mass is 16.5. The fourth-order valence-electron chi connectivity index (χ4n) is 4.66. The molecule has 0 aliphatic carbocycles. The largest absolute Gasteiger partial charge is 0.490 e. The third-order valence-corrected chi connectivity index (χ3v) is 6.62. The zero-order valence-electron chi connectivity index (χ0n) is 22.4. The number of benzene rings is 2. The van der Waals surface area contributed by atoms with Crippen LogP contribution in [0.25, 0.3) is 22.8 Å². The summed E-state index contributed by atoms with van der Waals surface area (Å²) in [6, 6.07) is 6.01. The molecule has 0 saturated carbocycles. The number of aryl methyl sites for hydroxylation is 3. The van der Waals surface area contributed by atoms with Crippen molar-refractivity contribution in [3.63, 3.8) is 0 Å². The van der Waals surface area contributed by atoms with E-state index in [0.717, 1.165) is 40.7 Å². The lowest BCUT2D eigenvalue weighted by molar-refractivity contribution is -0.124. The van der Waals surface area contributed by atoms with Gasteiger partial charge in [0.25, 0.3) is 5.89 Å². The van der Waals surface area contributed by atoms with Crippen LogP contribution in [0.5, 0.6) is 5.75 Å². The highest BCUT2D eigenvalue weighted by molar-refractivity contribution is 5.76. The number of nitrogens with zero attached hydrogens (tertiary/aromatic N) is 2. The van der Waals surface area contributed by atoms with E-state index in [-0.39, 0.29) is 13.2 Å². The fourth-order valence-corrected chi connectivity index (χ4v) is 4.66. The summed E-state index contributed by atoms with van der Waals surface area (Å²) in [6.45, 7) is 10.1. The van der Waals surface area contributed by atoms with Gasteiger partial charge in [-0.1, -0.05) is 25.9 Å². The smallest absolute Gasteiger partial charge is 0.258 e. The Hall–Kier alpha value is -3.27. The molecule has 1 amide bonds. The van der Waals surface area contributed by atoms with Crippen molar-refractivity contribution in [2.24, 2.45) is 5.73 Å². The van der Waals surface area contributed by atoms with Crippen molar-refractivity contribution >= 4 is 5.91 Å². The van der Waals surface area contributed by atoms with Crippen molar-refractivity contribution in [2.75, 3.05) is 19.8 Å². The number of carbonyl (C=O) groups excluding carboxylic acids is 1. The van der Waals surface area contributed by atoms with E-state index in [4.69, 9.17) is 25.1 Å². The van der Waals surface area contributed by atoms with Gasteiger partial charge >= 0.3 is 0 Å². The minimum atomic E-state index is -0.911. The van der Waals surface area contributed by atoms with Gasteiger partial charge in [0.05, 0.1) is 0 Å². The molecule has 1 atom stereocenters. The van der Waals surface area contributed by atoms with Crippen LogP contribution in [0.3, 0.4) is 0 Å². The minimum Gasteiger partial charge on any atom is -0.490 e. The van der Waals surface area contributed by atoms with E-state index in [1.807, 2.05) is 26.0 Å². The van der Waals surface area contributed by atoms with Gasteiger partial charge in [0.1, 0.15) is 25.1 Å². The number of amides is 1. The SMILES string of the molecule is CCc1cc(-c2nc(-c3cc(C)c(OC[C@@H](O)CNC(=O)CO)c(CC)c3)no2)c(CN)c(C)c1CC. The third kappa shape index (κ3) is 6.36. The lowest BCUT2D eigenvalue weighted by atomic mass is 9.90. The second-order valence-electron chi connectivity index (χ2n) is 9.06. The second kappa shape index (κ2) is 12.8. The topological polar surface area (TPSA) is 144 Å². The maximum absolute atomic E-state index is 11.2. The summed E-state index contributed by atoms with van der Waals surface area (Å²) in [7, 11) is 0. The predicted molar refractivity (Wildman–Crippen MR) is 142 cm³/mol. The molecule has 9 heteroatoms. The van der Waals surface area contributed by atoms with Gasteiger partial charge < -0.3 is 30.5 Å². The highest BCUT2D eigenvalue weighted by Crippen LogP contribution is 2.34. The summed E-state index contributed by atoms with van der Waals surface area (Å²) in [4.78, 5) is 15.9. The van der Waals surface area contributed by atoms with Gasteiger partial charge in [0, 0.05) is 24.2 Å². The summed E-state index contributed by atoms with van der Waals surface area (Å²) in [5.41, 5.74) is 14.4. The van der Waals surface area contributed by atoms with E-state index in [0.29, 0.717) is 30.4 Å². The Morgan fingerprint density at radius 2 is 1.84 bits per heavy atom. The molecule has 0 saturated heterocycles. The van der Waals surface area contributed by atoms with Gasteiger partial charge in [0.2, 0.25) is 11.7 Å². The molecule has 37 heavy (non-hydrogen) atoms. The van der Waals surface area contributed by atoms with Crippen molar-refractivity contribution in [1.82, 2.24) is 15.5 Å². The van der Waals surface area contributed by atoms with Crippen LogP contribution in [0.1, 0.15) is 54.2 Å². The molecule has 0 aliphatic rings. The number of carbonyl (C=O) groups is 1. The van der Waals surface area contributed by atoms with Crippen LogP contribution in [-0.2, 0) is 30.6 Å². The summed E-state index contributed by atoms with van der Waals surface area (Å²) < 4.78 is 11.6. The molecule has 0 unspecified atom stereocenters. The molecule has 3 rings (SSSR count). The van der Waals surface area contributed by atoms with Crippen LogP contribution >= 0.6 is 0 Å². The van der Waals surface area contributed by atoms with Crippen molar-refractivity contribution in [3.8, 4) is 28.6 Å². The fraction of sp³-hybridized carbons (Fsp3) is 0.464. The van der Waals surface area contributed by atoms with Crippen molar-refractivity contribution in [1.29, 1.82) is 0 Å². The quantitative estimate of drug-likeness (QED) is 0.291. The van der Waals surface area contributed by atoms with Crippen LogP contribution in [-0.4, -0.2) is 52.1 Å². The normalized spacial score (nSPS) is 12.0. The minimum absolute atomic E-state index is 0.0000123. The first-order chi connectivity index (χ1) is 17.8. The number of rotatable bonds is 12. The number of aliphatic hydroxyl groups excluding tert-OH is 2. The Balaban J connectivity index is 1.88. The lowest BCUT2D eigenvalue weighted by Crippen LogP contribution is -2.36. The lowest BCUT2D eigenvalue weighted by Gasteiger charge is -2.17. The molecule has 200 valence electrons. The molecule has 0 aliphatic heterocycles. The Morgan fingerprint density at radius 1 is 1.11 bits per heavy atom. The molecule has 0 fully saturated rings. The number of ether oxygens (including phenoxy) is 1. The number of nitrogens with one attached hydrogen (secondary N) is 1. The molecular weight excluding hydrogens is 472 g/mol. The molecule has 5 N–H and O–H groups in total. The molecule has 1 heterocycles. The first-order valence-corrected chi connectivity index (χ1v) is 12.8. The molecule has 0 radical (unpaired) electrons. The zero-order chi connectivity index (χ0) is 27.1. The molecule has 9 nitrogen and oxygen atoms in total. The van der Waals surface area contributed by atoms with E-state index in [1.54, 1.807) is 0 Å². The zero-order valence-corrected chi connectivity index (χ0v) is 22.4. The molecular formula is C28H38N4O5. The van der Waals surface area contributed by atoms with Crippen LogP contribution in [0.2, 0.25) is 0 Å². The third-order valence-electron chi connectivity index (χ3n) is 6.62. The maximum atomic E-state index is 11.2. The van der Waals surface area contributed by atoms with Crippen LogP contribution in [0.15, 0.2) is 22.7 Å². The standard InChI is InChI=1S/C28H38N4O5/c1-6-18-11-23(24(12-29)17(5)22(18)8-3)28-31-27(32-37-28)20-9-16(4)26(19(7-2)10-20)36-15-21(34)13-30-25(35)14-33/h9-11,21,33-34H,6-8,12-15,29H2,1-5H3,(H,30,35)/t21-/m0/s1. The Bertz CT molecular complexity index is 1240. The summed E-state index contributed by atoms with van der Waals surface area (Å²) in [5, 5.41) is 25.6. The van der Waals surface area contributed by atoms with E-state index >= 15 is 0 Å². The monoisotopic (exact) mass is 510 g/mol. The first-order valence-electron chi connectivity index (χ1n) is 12.8. The van der Waals surface area contributed by atoms with Gasteiger partial charge in [-0.15, -0.1) is 0 Å². The van der Waals surface area contributed by atoms with E-state index < -0.39 is 18.6 Å². The first kappa shape index (κ1) is 28.3. The van der Waals surface area contributed by atoms with Gasteiger partial charge in [0.15, 0.2) is 0 Å². The van der Waals surface area contributed by atoms with E-state index in [9.17, 15) is 9.90 Å². The second-order valence-corrected chi connectivity index (χ2v) is 9.06. The highest BCUT2D eigenvalue weighted by Gasteiger charge is 2.20. The van der Waals surface area contributed by atoms with Gasteiger partial charge in [-0.3, -0.25) is 4.79 Å². The number of aromatic nitrogens is 2. The number of hydrogen-bond donors (Lipinski definition) is 4. The predicted octanol–water partition coefficient (Wildman–Crippen LogP) is 3.01. The van der Waals surface area contributed by atoms with Crippen molar-refractivity contribution < 1.29 is 24.3 Å². The van der Waals surface area contributed by atoms with Crippen LogP contribution in [0, 0.1) is 13.8 Å².